The number of amides is 2. The first-order valence-corrected chi connectivity index (χ1v) is 6.78. The van der Waals surface area contributed by atoms with E-state index in [0.29, 0.717) is 18.5 Å². The molecule has 0 bridgehead atoms. The zero-order valence-corrected chi connectivity index (χ0v) is 12.2. The molecule has 1 aromatic carbocycles. The van der Waals surface area contributed by atoms with Crippen LogP contribution in [0.2, 0.25) is 0 Å². The van der Waals surface area contributed by atoms with E-state index in [9.17, 15) is 14.4 Å². The van der Waals surface area contributed by atoms with E-state index < -0.39 is 11.9 Å². The number of carboxylic acid groups (broad SMARTS) is 1. The standard InChI is InChI=1S/C15H20N2O4/c1-3-12(15(20)21)9-17-14(19)13-6-4-11(5-7-13)8-16-10(2)18/h4-7,12H,3,8-9H2,1-2H3,(H,16,18)(H,17,19)(H,20,21). The Morgan fingerprint density at radius 3 is 2.24 bits per heavy atom. The molecule has 6 nitrogen and oxygen atoms in total. The molecular formula is C15H20N2O4. The van der Waals surface area contributed by atoms with Crippen molar-refractivity contribution in [2.45, 2.75) is 26.8 Å². The molecule has 1 atom stereocenters. The Kier molecular flexibility index (Phi) is 6.39. The van der Waals surface area contributed by atoms with Gasteiger partial charge in [0.05, 0.1) is 5.92 Å². The molecule has 3 N–H and O–H groups in total. The van der Waals surface area contributed by atoms with Gasteiger partial charge in [-0.3, -0.25) is 14.4 Å². The number of aliphatic carboxylic acids is 1. The van der Waals surface area contributed by atoms with Gasteiger partial charge >= 0.3 is 5.97 Å². The summed E-state index contributed by atoms with van der Waals surface area (Å²) in [7, 11) is 0. The third kappa shape index (κ3) is 5.64. The lowest BCUT2D eigenvalue weighted by Crippen LogP contribution is -2.32. The number of carboxylic acids is 1. The quantitative estimate of drug-likeness (QED) is 0.703. The molecular weight excluding hydrogens is 272 g/mol. The van der Waals surface area contributed by atoms with Gasteiger partial charge in [-0.25, -0.2) is 0 Å². The molecule has 0 saturated carbocycles. The summed E-state index contributed by atoms with van der Waals surface area (Å²) >= 11 is 0. The molecule has 114 valence electrons. The number of hydrogen-bond donors (Lipinski definition) is 3. The third-order valence-corrected chi connectivity index (χ3v) is 3.11. The number of nitrogens with one attached hydrogen (secondary N) is 2. The fourth-order valence-electron chi connectivity index (χ4n) is 1.72. The van der Waals surface area contributed by atoms with Gasteiger partial charge in [0, 0.05) is 25.6 Å². The van der Waals surface area contributed by atoms with E-state index >= 15 is 0 Å². The van der Waals surface area contributed by atoms with Crippen molar-refractivity contribution in [3.05, 3.63) is 35.4 Å². The molecule has 1 rings (SSSR count). The van der Waals surface area contributed by atoms with Crippen LogP contribution in [0.5, 0.6) is 0 Å². The van der Waals surface area contributed by atoms with Crippen molar-refractivity contribution in [2.24, 2.45) is 5.92 Å². The highest BCUT2D eigenvalue weighted by Crippen LogP contribution is 2.06. The maximum Gasteiger partial charge on any atom is 0.308 e. The topological polar surface area (TPSA) is 95.5 Å². The van der Waals surface area contributed by atoms with Gasteiger partial charge in [-0.15, -0.1) is 0 Å². The van der Waals surface area contributed by atoms with E-state index in [2.05, 4.69) is 10.6 Å². The van der Waals surface area contributed by atoms with Crippen molar-refractivity contribution in [1.82, 2.24) is 10.6 Å². The zero-order chi connectivity index (χ0) is 15.8. The van der Waals surface area contributed by atoms with Crippen molar-refractivity contribution >= 4 is 17.8 Å². The molecule has 0 heterocycles. The van der Waals surface area contributed by atoms with Crippen molar-refractivity contribution in [2.75, 3.05) is 6.54 Å². The van der Waals surface area contributed by atoms with Gasteiger partial charge in [-0.2, -0.15) is 0 Å². The van der Waals surface area contributed by atoms with Crippen LogP contribution in [-0.2, 0) is 16.1 Å². The van der Waals surface area contributed by atoms with Gasteiger partial charge < -0.3 is 15.7 Å². The summed E-state index contributed by atoms with van der Waals surface area (Å²) in [6, 6.07) is 6.79. The van der Waals surface area contributed by atoms with Gasteiger partial charge in [-0.05, 0) is 24.1 Å². The predicted molar refractivity (Wildman–Crippen MR) is 77.7 cm³/mol. The van der Waals surface area contributed by atoms with Crippen molar-refractivity contribution < 1.29 is 19.5 Å². The van der Waals surface area contributed by atoms with E-state index in [-0.39, 0.29) is 18.4 Å². The molecule has 0 aromatic heterocycles. The minimum Gasteiger partial charge on any atom is -0.481 e. The Morgan fingerprint density at radius 1 is 1.14 bits per heavy atom. The molecule has 0 aliphatic rings. The summed E-state index contributed by atoms with van der Waals surface area (Å²) in [5.41, 5.74) is 1.35. The van der Waals surface area contributed by atoms with Gasteiger partial charge in [0.2, 0.25) is 5.91 Å². The van der Waals surface area contributed by atoms with Crippen LogP contribution >= 0.6 is 0 Å². The first-order chi connectivity index (χ1) is 9.93. The number of rotatable bonds is 7. The Bertz CT molecular complexity index is 511. The van der Waals surface area contributed by atoms with Crippen molar-refractivity contribution in [1.29, 1.82) is 0 Å². The fourth-order valence-corrected chi connectivity index (χ4v) is 1.72. The van der Waals surface area contributed by atoms with Gasteiger partial charge in [0.25, 0.3) is 5.91 Å². The summed E-state index contributed by atoms with van der Waals surface area (Å²) in [4.78, 5) is 33.6. The Labute approximate surface area is 123 Å². The van der Waals surface area contributed by atoms with E-state index in [1.807, 2.05) is 0 Å². The zero-order valence-electron chi connectivity index (χ0n) is 12.2. The average Bonchev–Trinajstić information content (AvgIpc) is 2.45. The molecule has 6 heteroatoms. The van der Waals surface area contributed by atoms with Gasteiger partial charge in [-0.1, -0.05) is 19.1 Å². The van der Waals surface area contributed by atoms with E-state index in [4.69, 9.17) is 5.11 Å². The summed E-state index contributed by atoms with van der Waals surface area (Å²) in [6.07, 6.45) is 0.464. The Hall–Kier alpha value is -2.37. The Balaban J connectivity index is 2.55. The lowest BCUT2D eigenvalue weighted by molar-refractivity contribution is -0.141. The highest BCUT2D eigenvalue weighted by Gasteiger charge is 2.16. The van der Waals surface area contributed by atoms with Crippen LogP contribution in [0.15, 0.2) is 24.3 Å². The summed E-state index contributed by atoms with van der Waals surface area (Å²) in [5.74, 6) is -1.91. The number of hydrogen-bond acceptors (Lipinski definition) is 3. The van der Waals surface area contributed by atoms with Gasteiger partial charge in [0.15, 0.2) is 0 Å². The monoisotopic (exact) mass is 292 g/mol. The molecule has 1 aromatic rings. The molecule has 1 unspecified atom stereocenters. The van der Waals surface area contributed by atoms with Crippen LogP contribution in [-0.4, -0.2) is 29.4 Å². The second-order valence-electron chi connectivity index (χ2n) is 4.76. The smallest absolute Gasteiger partial charge is 0.308 e. The molecule has 0 spiro atoms. The highest BCUT2D eigenvalue weighted by molar-refractivity contribution is 5.94. The molecule has 0 aliphatic carbocycles. The normalized spacial score (nSPS) is 11.5. The number of benzene rings is 1. The summed E-state index contributed by atoms with van der Waals surface area (Å²) in [5, 5.41) is 14.2. The Morgan fingerprint density at radius 2 is 1.76 bits per heavy atom. The molecule has 21 heavy (non-hydrogen) atoms. The van der Waals surface area contributed by atoms with E-state index in [1.165, 1.54) is 6.92 Å². The van der Waals surface area contributed by atoms with Gasteiger partial charge in [0.1, 0.15) is 0 Å². The van der Waals surface area contributed by atoms with Crippen LogP contribution < -0.4 is 10.6 Å². The van der Waals surface area contributed by atoms with Crippen LogP contribution in [0, 0.1) is 5.92 Å². The molecule has 0 saturated heterocycles. The van der Waals surface area contributed by atoms with Crippen LogP contribution in [0.4, 0.5) is 0 Å². The second kappa shape index (κ2) is 8.04. The maximum absolute atomic E-state index is 11.9. The first kappa shape index (κ1) is 16.7. The summed E-state index contributed by atoms with van der Waals surface area (Å²) < 4.78 is 0. The average molecular weight is 292 g/mol. The molecule has 0 aliphatic heterocycles. The fraction of sp³-hybridized carbons (Fsp3) is 0.400. The lowest BCUT2D eigenvalue weighted by atomic mass is 10.1. The minimum atomic E-state index is -0.913. The molecule has 0 fully saturated rings. The van der Waals surface area contributed by atoms with Crippen LogP contribution in [0.25, 0.3) is 0 Å². The second-order valence-corrected chi connectivity index (χ2v) is 4.76. The first-order valence-electron chi connectivity index (χ1n) is 6.78. The number of carbonyl (C=O) groups excluding carboxylic acids is 2. The SMILES string of the molecule is CCC(CNC(=O)c1ccc(CNC(C)=O)cc1)C(=O)O. The highest BCUT2D eigenvalue weighted by atomic mass is 16.4. The largest absolute Gasteiger partial charge is 0.481 e. The molecule has 2 amide bonds. The lowest BCUT2D eigenvalue weighted by Gasteiger charge is -2.11. The summed E-state index contributed by atoms with van der Waals surface area (Å²) in [6.45, 7) is 3.72. The van der Waals surface area contributed by atoms with Crippen LogP contribution in [0.1, 0.15) is 36.2 Å². The predicted octanol–water partition coefficient (Wildman–Crippen LogP) is 1.16. The van der Waals surface area contributed by atoms with Crippen molar-refractivity contribution in [3.8, 4) is 0 Å². The third-order valence-electron chi connectivity index (χ3n) is 3.11. The van der Waals surface area contributed by atoms with Crippen LogP contribution in [0.3, 0.4) is 0 Å². The maximum atomic E-state index is 11.9. The number of carbonyl (C=O) groups is 3. The van der Waals surface area contributed by atoms with Crippen molar-refractivity contribution in [3.63, 3.8) is 0 Å². The van der Waals surface area contributed by atoms with E-state index in [0.717, 1.165) is 5.56 Å². The van der Waals surface area contributed by atoms with E-state index in [1.54, 1.807) is 31.2 Å². The minimum absolute atomic E-state index is 0.109. The molecule has 0 radical (unpaired) electrons.